The summed E-state index contributed by atoms with van der Waals surface area (Å²) in [5.74, 6) is -4.26. The molecule has 542 valence electrons. The average Bonchev–Trinajstić information content (AvgIpc) is 1.17. The number of carboxylic acids is 1. The van der Waals surface area contributed by atoms with Gasteiger partial charge in [0, 0.05) is 80.3 Å². The third kappa shape index (κ3) is 18.6. The van der Waals surface area contributed by atoms with E-state index in [9.17, 15) is 56.4 Å². The maximum Gasteiger partial charge on any atom is 0.410 e. The van der Waals surface area contributed by atoms with E-state index in [1.807, 2.05) is 59.0 Å². The molecule has 10 N–H and O–H groups in total. The molecule has 1 aliphatic heterocycles. The van der Waals surface area contributed by atoms with Crippen molar-refractivity contribution >= 4 is 112 Å². The summed E-state index contributed by atoms with van der Waals surface area (Å²) < 4.78 is 50.0. The second-order valence-electron chi connectivity index (χ2n) is 28.6. The minimum absolute atomic E-state index is 0.00694. The number of rotatable bonds is 33. The number of urea groups is 1. The van der Waals surface area contributed by atoms with Crippen molar-refractivity contribution < 1.29 is 65.9 Å². The lowest BCUT2D eigenvalue weighted by atomic mass is 9.39. The van der Waals surface area contributed by atoms with Gasteiger partial charge in [-0.15, -0.1) is 0 Å². The number of carboxylic acid groups (broad SMARTS) is 1. The van der Waals surface area contributed by atoms with Gasteiger partial charge in [0.25, 0.3) is 21.9 Å². The van der Waals surface area contributed by atoms with Crippen LogP contribution in [0.2, 0.25) is 0 Å². The Labute approximate surface area is 599 Å². The number of anilines is 3. The Bertz CT molecular complexity index is 4150. The van der Waals surface area contributed by atoms with Crippen molar-refractivity contribution in [1.29, 1.82) is 0 Å². The Morgan fingerprint density at radius 1 is 0.822 bits per heavy atom. The predicted octanol–water partition coefficient (Wildman–Crippen LogP) is 8.89. The lowest BCUT2D eigenvalue weighted by Gasteiger charge is -2.69. The molecule has 0 saturated heterocycles. The molecule has 2 unspecified atom stereocenters. The zero-order valence-electron chi connectivity index (χ0n) is 57.6. The Kier molecular flexibility index (Phi) is 23.6. The van der Waals surface area contributed by atoms with E-state index >= 15 is 0 Å². The van der Waals surface area contributed by atoms with Gasteiger partial charge in [-0.3, -0.25) is 43.4 Å². The van der Waals surface area contributed by atoms with Gasteiger partial charge in [0.2, 0.25) is 17.7 Å². The molecule has 4 bridgehead atoms. The first-order valence-corrected chi connectivity index (χ1v) is 37.7. The molecule has 30 heteroatoms. The number of hydrogen-bond donors (Lipinski definition) is 8. The summed E-state index contributed by atoms with van der Waals surface area (Å²) in [6.07, 6.45) is 8.42. The summed E-state index contributed by atoms with van der Waals surface area (Å²) in [6, 6.07) is 20.0. The number of alkyl halides is 1. The number of primary amides is 2. The molecule has 27 nitrogen and oxygen atoms in total. The number of aromatic nitrogens is 4. The van der Waals surface area contributed by atoms with Crippen LogP contribution in [0.25, 0.3) is 21.3 Å². The highest BCUT2D eigenvalue weighted by molar-refractivity contribution is 9.09. The van der Waals surface area contributed by atoms with E-state index in [1.54, 1.807) is 44.3 Å². The molecular formula is C71H90BrN13O14S2. The normalized spacial score (nSPS) is 20.4. The van der Waals surface area contributed by atoms with Crippen LogP contribution in [0.3, 0.4) is 0 Å². The second-order valence-corrected chi connectivity index (χ2v) is 31.7. The smallest absolute Gasteiger partial charge is 0.410 e. The van der Waals surface area contributed by atoms with Crippen molar-refractivity contribution in [2.75, 3.05) is 65.5 Å². The van der Waals surface area contributed by atoms with Gasteiger partial charge in [-0.05, 0) is 159 Å². The molecule has 6 aromatic rings. The number of nitrogens with two attached hydrogens (primary N) is 2. The molecule has 0 radical (unpaired) electrons. The quantitative estimate of drug-likeness (QED) is 0.0108. The third-order valence-electron chi connectivity index (χ3n) is 19.8. The monoisotopic (exact) mass is 1490 g/mol. The number of ether oxygens (including phenoxy) is 2. The summed E-state index contributed by atoms with van der Waals surface area (Å²) >= 11 is 4.51. The molecule has 0 spiro atoms. The number of para-hydroxylation sites is 1. The number of carbonyl (C=O) groups is 8. The maximum absolute atomic E-state index is 14.7. The number of fused-ring (bicyclic) bond motifs is 2. The van der Waals surface area contributed by atoms with Gasteiger partial charge in [-0.1, -0.05) is 97.8 Å². The number of unbranched alkanes of at least 4 members (excludes halogenated alkanes) is 2. The van der Waals surface area contributed by atoms with Crippen molar-refractivity contribution in [2.24, 2.45) is 33.6 Å². The number of thiazole rings is 1. The Morgan fingerprint density at radius 3 is 2.24 bits per heavy atom. The fourth-order valence-electron chi connectivity index (χ4n) is 16.4. The first-order chi connectivity index (χ1) is 48.0. The van der Waals surface area contributed by atoms with E-state index in [2.05, 4.69) is 56.0 Å². The summed E-state index contributed by atoms with van der Waals surface area (Å²) in [5, 5.41) is 27.4. The van der Waals surface area contributed by atoms with Crippen LogP contribution >= 0.6 is 27.3 Å². The number of aromatic carboxylic acids is 1. The fraction of sp³-hybridized carbons (Fsp3) is 0.507. The first-order valence-electron chi connectivity index (χ1n) is 34.1. The topological polar surface area (TPSA) is 383 Å². The van der Waals surface area contributed by atoms with E-state index in [-0.39, 0.29) is 90.3 Å². The summed E-state index contributed by atoms with van der Waals surface area (Å²) in [7, 11) is -4.54. The van der Waals surface area contributed by atoms with Gasteiger partial charge < -0.3 is 51.8 Å². The SMILES string of the molecule is Cc1c(-c2ccc(N3CCc4cccc(C(=O)Nc5nc6ccccc6s5)c4C3)nc2C(=O)O)cnn1CC12CC3(C)CC(C)(C1)CC(OCCN(CCS(=O)(=O)O)C(=O)OCc1ccc(N(C(=O)[C@@H](NC(=O)CCCCCNC(=O)CBr)C(C)C)[C@@H](CCCNC(N)=O)C(N)=O)cc1)(C3)C2. The molecule has 101 heavy (non-hydrogen) atoms. The molecule has 5 aliphatic rings. The highest BCUT2D eigenvalue weighted by atomic mass is 79.9. The van der Waals surface area contributed by atoms with Crippen molar-refractivity contribution in [1.82, 2.24) is 40.6 Å². The predicted molar refractivity (Wildman–Crippen MR) is 385 cm³/mol. The molecule has 11 rings (SSSR count). The van der Waals surface area contributed by atoms with Crippen molar-refractivity contribution in [3.63, 3.8) is 0 Å². The number of nitrogens with one attached hydrogen (secondary N) is 4. The lowest BCUT2D eigenvalue weighted by molar-refractivity contribution is -0.248. The summed E-state index contributed by atoms with van der Waals surface area (Å²) in [4.78, 5) is 119. The Morgan fingerprint density at radius 2 is 1.55 bits per heavy atom. The molecule has 4 aliphatic carbocycles. The maximum atomic E-state index is 14.7. The minimum Gasteiger partial charge on any atom is -0.476 e. The number of benzene rings is 3. The van der Waals surface area contributed by atoms with Gasteiger partial charge in [0.15, 0.2) is 10.8 Å². The fourth-order valence-corrected chi connectivity index (χ4v) is 18.0. The molecule has 4 atom stereocenters. The highest BCUT2D eigenvalue weighted by Crippen LogP contribution is 2.72. The van der Waals surface area contributed by atoms with Crippen LogP contribution < -0.4 is 42.5 Å². The van der Waals surface area contributed by atoms with E-state index in [0.29, 0.717) is 91.5 Å². The number of carbonyl (C=O) groups excluding carboxylic acids is 7. The molecular weight excluding hydrogens is 1400 g/mol. The largest absolute Gasteiger partial charge is 0.476 e. The molecule has 4 saturated carbocycles. The number of nitrogens with zero attached hydrogens (tertiary/aromatic N) is 7. The Hall–Kier alpha value is -8.58. The van der Waals surface area contributed by atoms with Crippen LogP contribution in [0.1, 0.15) is 148 Å². The number of amides is 8. The minimum atomic E-state index is -4.54. The number of pyridine rings is 1. The molecule has 8 amide bonds. The second kappa shape index (κ2) is 31.8. The van der Waals surface area contributed by atoms with Crippen molar-refractivity contribution in [2.45, 2.75) is 155 Å². The van der Waals surface area contributed by atoms with Crippen LogP contribution in [0, 0.1) is 29.1 Å². The van der Waals surface area contributed by atoms with Crippen LogP contribution in [0.5, 0.6) is 0 Å². The van der Waals surface area contributed by atoms with E-state index < -0.39 is 81.8 Å². The van der Waals surface area contributed by atoms with E-state index in [1.165, 1.54) is 33.3 Å². The first kappa shape index (κ1) is 75.1. The summed E-state index contributed by atoms with van der Waals surface area (Å²) in [6.45, 7) is 11.1. The van der Waals surface area contributed by atoms with Crippen molar-refractivity contribution in [3.8, 4) is 11.1 Å². The van der Waals surface area contributed by atoms with E-state index in [4.69, 9.17) is 31.0 Å². The van der Waals surface area contributed by atoms with Crippen LogP contribution in [-0.4, -0.2) is 158 Å². The lowest BCUT2D eigenvalue weighted by Crippen LogP contribution is -2.64. The molecule has 4 fully saturated rings. The van der Waals surface area contributed by atoms with Gasteiger partial charge in [0.05, 0.1) is 39.7 Å². The van der Waals surface area contributed by atoms with Crippen molar-refractivity contribution in [3.05, 3.63) is 119 Å². The van der Waals surface area contributed by atoms with E-state index in [0.717, 1.165) is 59.1 Å². The van der Waals surface area contributed by atoms with Gasteiger partial charge >= 0.3 is 18.1 Å². The third-order valence-corrected chi connectivity index (χ3v) is 22.0. The van der Waals surface area contributed by atoms with Crippen LogP contribution in [0.15, 0.2) is 85.1 Å². The number of hydrogen-bond acceptors (Lipinski definition) is 17. The van der Waals surface area contributed by atoms with Crippen LogP contribution in [-0.2, 0) is 64.9 Å². The Balaban J connectivity index is 0.797. The van der Waals surface area contributed by atoms with Crippen LogP contribution in [0.4, 0.5) is 26.2 Å². The zero-order valence-corrected chi connectivity index (χ0v) is 60.8. The van der Waals surface area contributed by atoms with Gasteiger partial charge in [-0.25, -0.2) is 24.4 Å². The highest BCUT2D eigenvalue weighted by Gasteiger charge is 2.66. The average molecular weight is 1490 g/mol. The summed E-state index contributed by atoms with van der Waals surface area (Å²) in [5.41, 5.74) is 15.6. The van der Waals surface area contributed by atoms with Gasteiger partial charge in [0.1, 0.15) is 24.5 Å². The molecule has 3 aromatic carbocycles. The van der Waals surface area contributed by atoms with Gasteiger partial charge in [-0.2, -0.15) is 13.5 Å². The molecule has 3 aromatic heterocycles. The standard InChI is InChI=1S/C71H90BrN13O14S2/c1-44(2)59(80-57(86)18-7-6-10-26-75-58(87)33-72)63(90)85(54(61(73)88)16-12-27-76-65(74)93)48-21-19-46(20-22-48)36-98-67(94)82(30-32-101(95,96)97)29-31-99-71-40-68(4)37-69(5,41-71)39-70(38-68,42-71)43-84-45(3)51(34-77-84)49-23-24-56(79-60(49)64(91)92)83-28-25-47-13-11-14-50(52(47)35-83)62(89)81-66-78-53-15-8-9-17-55(53)100-66/h8-9,11,13-15,17,19-24,34,44,54,59H,6-7,10,12,16,18,25-33,35-43H2,1-5H3,(H2,73,88)(H,75,87)(H,80,86)(H,91,92)(H3,74,76,93)(H,78,81,89)(H,95,96,97)/t54-,59-,68?,69?,70?,71?/m0/s1. The zero-order chi connectivity index (χ0) is 72.6. The number of halogens is 1. The molecule has 4 heterocycles.